The number of ether oxygens (including phenoxy) is 2. The fourth-order valence-corrected chi connectivity index (χ4v) is 4.29. The average molecular weight is 456 g/mol. The molecule has 1 aliphatic heterocycles. The molecular weight excluding hydrogens is 433 g/mol. The summed E-state index contributed by atoms with van der Waals surface area (Å²) in [5.74, 6) is 0.847. The van der Waals surface area contributed by atoms with Crippen molar-refractivity contribution in [2.24, 2.45) is 10.2 Å². The molecule has 1 heterocycles. The van der Waals surface area contributed by atoms with Crippen LogP contribution < -0.4 is 19.6 Å². The number of halogens is 1. The summed E-state index contributed by atoms with van der Waals surface area (Å²) in [6.07, 6.45) is 0.520. The van der Waals surface area contributed by atoms with Crippen LogP contribution in [0.2, 0.25) is 0 Å². The first kappa shape index (κ1) is 21.8. The predicted molar refractivity (Wildman–Crippen MR) is 120 cm³/mol. The van der Waals surface area contributed by atoms with E-state index in [9.17, 15) is 12.8 Å². The molecule has 1 atom stereocenters. The Morgan fingerprint density at radius 1 is 1.00 bits per heavy atom. The maximum atomic E-state index is 13.4. The molecule has 9 heteroatoms. The smallest absolute Gasteiger partial charge is 0.238 e. The fraction of sp³-hybridized carbons (Fsp3) is 0.174. The lowest BCUT2D eigenvalue weighted by molar-refractivity contribution is 0.349. The van der Waals surface area contributed by atoms with Crippen molar-refractivity contribution < 1.29 is 22.3 Å². The van der Waals surface area contributed by atoms with Crippen molar-refractivity contribution in [1.29, 1.82) is 0 Å². The minimum atomic E-state index is -3.81. The lowest BCUT2D eigenvalue weighted by Gasteiger charge is -2.26. The van der Waals surface area contributed by atoms with E-state index in [1.165, 1.54) is 24.3 Å². The zero-order chi connectivity index (χ0) is 22.9. The van der Waals surface area contributed by atoms with Gasteiger partial charge in [-0.25, -0.2) is 17.9 Å². The molecule has 166 valence electrons. The van der Waals surface area contributed by atoms with Gasteiger partial charge in [-0.1, -0.05) is 24.3 Å². The first-order chi connectivity index (χ1) is 15.3. The predicted octanol–water partition coefficient (Wildman–Crippen LogP) is 3.85. The number of para-hydroxylation sites is 1. The lowest BCUT2D eigenvalue weighted by atomic mass is 9.97. The number of nitrogens with two attached hydrogens (primary N) is 1. The van der Waals surface area contributed by atoms with Gasteiger partial charge in [-0.05, 0) is 48.0 Å². The van der Waals surface area contributed by atoms with Crippen molar-refractivity contribution in [3.8, 4) is 11.5 Å². The Labute approximate surface area is 185 Å². The molecule has 0 radical (unpaired) electrons. The van der Waals surface area contributed by atoms with Crippen molar-refractivity contribution in [3.05, 3.63) is 83.7 Å². The molecule has 0 amide bonds. The SMILES string of the molecule is COc1cccc(C2CC(c3ccc(F)cc3)=NN2c2ccc(S(N)(=O)=O)cc2)c1OC. The molecule has 32 heavy (non-hydrogen) atoms. The van der Waals surface area contributed by atoms with E-state index >= 15 is 0 Å². The van der Waals surface area contributed by atoms with Crippen LogP contribution in [0.1, 0.15) is 23.6 Å². The van der Waals surface area contributed by atoms with Crippen LogP contribution in [0.15, 0.2) is 76.7 Å². The van der Waals surface area contributed by atoms with Crippen molar-refractivity contribution >= 4 is 21.4 Å². The number of nitrogens with zero attached hydrogens (tertiary/aromatic N) is 2. The number of primary sulfonamides is 1. The van der Waals surface area contributed by atoms with Crippen LogP contribution >= 0.6 is 0 Å². The number of hydrogen-bond acceptors (Lipinski definition) is 6. The van der Waals surface area contributed by atoms with E-state index in [0.717, 1.165) is 16.8 Å². The van der Waals surface area contributed by atoms with Gasteiger partial charge in [0.2, 0.25) is 10.0 Å². The summed E-state index contributed by atoms with van der Waals surface area (Å²) in [7, 11) is -0.670. The van der Waals surface area contributed by atoms with Crippen LogP contribution in [-0.4, -0.2) is 28.3 Å². The highest BCUT2D eigenvalue weighted by Gasteiger charge is 2.33. The zero-order valence-electron chi connectivity index (χ0n) is 17.5. The maximum absolute atomic E-state index is 13.4. The largest absolute Gasteiger partial charge is 0.493 e. The monoisotopic (exact) mass is 455 g/mol. The molecule has 0 saturated carbocycles. The molecule has 0 bridgehead atoms. The molecule has 1 aliphatic rings. The second-order valence-corrected chi connectivity index (χ2v) is 8.80. The first-order valence-corrected chi connectivity index (χ1v) is 11.3. The molecule has 0 aromatic heterocycles. The van der Waals surface area contributed by atoms with Gasteiger partial charge in [-0.2, -0.15) is 5.10 Å². The second kappa shape index (κ2) is 8.60. The van der Waals surface area contributed by atoms with E-state index in [1.807, 2.05) is 18.2 Å². The normalized spacial score (nSPS) is 16.1. The van der Waals surface area contributed by atoms with Crippen LogP contribution in [-0.2, 0) is 10.0 Å². The van der Waals surface area contributed by atoms with Gasteiger partial charge in [-0.3, -0.25) is 5.01 Å². The molecule has 4 rings (SSSR count). The van der Waals surface area contributed by atoms with E-state index in [0.29, 0.717) is 23.6 Å². The highest BCUT2D eigenvalue weighted by molar-refractivity contribution is 7.89. The van der Waals surface area contributed by atoms with Gasteiger partial charge in [0.15, 0.2) is 11.5 Å². The topological polar surface area (TPSA) is 94.2 Å². The molecule has 0 fully saturated rings. The summed E-state index contributed by atoms with van der Waals surface area (Å²) < 4.78 is 47.8. The average Bonchev–Trinajstić information content (AvgIpc) is 3.23. The minimum absolute atomic E-state index is 0.0127. The molecule has 0 spiro atoms. The quantitative estimate of drug-likeness (QED) is 0.609. The number of hydrogen-bond donors (Lipinski definition) is 1. The van der Waals surface area contributed by atoms with Crippen LogP contribution in [0.25, 0.3) is 0 Å². The number of rotatable bonds is 6. The van der Waals surface area contributed by atoms with Crippen molar-refractivity contribution in [3.63, 3.8) is 0 Å². The van der Waals surface area contributed by atoms with Gasteiger partial charge in [-0.15, -0.1) is 0 Å². The van der Waals surface area contributed by atoms with Gasteiger partial charge in [0.1, 0.15) is 5.82 Å². The molecule has 3 aromatic rings. The molecular formula is C23H22FN3O4S. The highest BCUT2D eigenvalue weighted by atomic mass is 32.2. The van der Waals surface area contributed by atoms with Crippen LogP contribution in [0.5, 0.6) is 11.5 Å². The maximum Gasteiger partial charge on any atom is 0.238 e. The summed E-state index contributed by atoms with van der Waals surface area (Å²) in [6, 6.07) is 17.7. The number of benzene rings is 3. The van der Waals surface area contributed by atoms with E-state index in [2.05, 4.69) is 0 Å². The summed E-state index contributed by atoms with van der Waals surface area (Å²) in [6.45, 7) is 0. The van der Waals surface area contributed by atoms with Crippen molar-refractivity contribution in [1.82, 2.24) is 0 Å². The third kappa shape index (κ3) is 4.17. The van der Waals surface area contributed by atoms with Gasteiger partial charge in [0.25, 0.3) is 0 Å². The number of methoxy groups -OCH3 is 2. The molecule has 2 N–H and O–H groups in total. The van der Waals surface area contributed by atoms with Crippen molar-refractivity contribution in [2.75, 3.05) is 19.2 Å². The number of sulfonamides is 1. The Balaban J connectivity index is 1.81. The third-order valence-electron chi connectivity index (χ3n) is 5.31. The Morgan fingerprint density at radius 2 is 1.69 bits per heavy atom. The Kier molecular flexibility index (Phi) is 5.86. The Bertz CT molecular complexity index is 1260. The highest BCUT2D eigenvalue weighted by Crippen LogP contribution is 2.43. The van der Waals surface area contributed by atoms with Crippen LogP contribution in [0.4, 0.5) is 10.1 Å². The Hall–Kier alpha value is -3.43. The van der Waals surface area contributed by atoms with Gasteiger partial charge >= 0.3 is 0 Å². The first-order valence-electron chi connectivity index (χ1n) is 9.78. The summed E-state index contributed by atoms with van der Waals surface area (Å²) >= 11 is 0. The molecule has 0 aliphatic carbocycles. The number of anilines is 1. The van der Waals surface area contributed by atoms with E-state index in [1.54, 1.807) is 43.5 Å². The lowest BCUT2D eigenvalue weighted by Crippen LogP contribution is -2.20. The molecule has 1 unspecified atom stereocenters. The van der Waals surface area contributed by atoms with Gasteiger partial charge in [0, 0.05) is 12.0 Å². The minimum Gasteiger partial charge on any atom is -0.493 e. The summed E-state index contributed by atoms with van der Waals surface area (Å²) in [4.78, 5) is 0.0127. The van der Waals surface area contributed by atoms with E-state index in [-0.39, 0.29) is 16.8 Å². The van der Waals surface area contributed by atoms with Gasteiger partial charge < -0.3 is 9.47 Å². The van der Waals surface area contributed by atoms with E-state index < -0.39 is 10.0 Å². The Morgan fingerprint density at radius 3 is 2.28 bits per heavy atom. The zero-order valence-corrected chi connectivity index (χ0v) is 18.3. The fourth-order valence-electron chi connectivity index (χ4n) is 3.77. The summed E-state index contributed by atoms with van der Waals surface area (Å²) in [5.41, 5.74) is 3.07. The van der Waals surface area contributed by atoms with E-state index in [4.69, 9.17) is 19.7 Å². The standard InChI is InChI=1S/C23H22FN3O4S/c1-30-22-5-3-4-19(23(22)31-2)21-14-20(15-6-8-16(24)9-7-15)26-27(21)17-10-12-18(13-11-17)32(25,28)29/h3-13,21H,14H2,1-2H3,(H2,25,28,29). The molecule has 3 aromatic carbocycles. The number of hydrazone groups is 1. The second-order valence-electron chi connectivity index (χ2n) is 7.24. The summed E-state index contributed by atoms with van der Waals surface area (Å²) in [5, 5.41) is 11.8. The van der Waals surface area contributed by atoms with Crippen LogP contribution in [0.3, 0.4) is 0 Å². The molecule has 0 saturated heterocycles. The van der Waals surface area contributed by atoms with Crippen LogP contribution in [0, 0.1) is 5.82 Å². The van der Waals surface area contributed by atoms with Gasteiger partial charge in [0.05, 0.1) is 36.6 Å². The third-order valence-corrected chi connectivity index (χ3v) is 6.24. The van der Waals surface area contributed by atoms with Crippen molar-refractivity contribution in [2.45, 2.75) is 17.4 Å². The molecule has 7 nitrogen and oxygen atoms in total.